The minimum Gasteiger partial charge on any atom is -0.389 e. The highest BCUT2D eigenvalue weighted by atomic mass is 19.1. The molecule has 0 radical (unpaired) electrons. The predicted octanol–water partition coefficient (Wildman–Crippen LogP) is 3.97. The molecule has 9 heteroatoms. The Labute approximate surface area is 216 Å². The first kappa shape index (κ1) is 25.8. The number of hydrogen-bond acceptors (Lipinski definition) is 7. The summed E-state index contributed by atoms with van der Waals surface area (Å²) in [6.07, 6.45) is 2.18. The number of anilines is 1. The zero-order valence-electron chi connectivity index (χ0n) is 22.0. The zero-order chi connectivity index (χ0) is 26.3. The number of benzene rings is 1. The summed E-state index contributed by atoms with van der Waals surface area (Å²) < 4.78 is 22.4. The Balaban J connectivity index is 1.54. The van der Waals surface area contributed by atoms with Gasteiger partial charge in [0.15, 0.2) is 11.2 Å². The van der Waals surface area contributed by atoms with E-state index < -0.39 is 11.9 Å². The van der Waals surface area contributed by atoms with Gasteiger partial charge in [0.05, 0.1) is 30.5 Å². The van der Waals surface area contributed by atoms with Crippen LogP contribution in [0.15, 0.2) is 35.3 Å². The molecule has 5 rings (SSSR count). The lowest BCUT2D eigenvalue weighted by atomic mass is 9.93. The highest BCUT2D eigenvalue weighted by Gasteiger charge is 2.30. The zero-order valence-corrected chi connectivity index (χ0v) is 22.0. The number of nitrogens with one attached hydrogen (secondary N) is 1. The normalized spacial score (nSPS) is 22.1. The van der Waals surface area contributed by atoms with Crippen LogP contribution in [0.2, 0.25) is 0 Å². The molecule has 2 fully saturated rings. The van der Waals surface area contributed by atoms with E-state index in [1.54, 1.807) is 18.2 Å². The van der Waals surface area contributed by atoms with Gasteiger partial charge in [0, 0.05) is 48.4 Å². The standard InChI is InChI=1S/C28H36FN5O3/c1-17(2)34-19(14-33-9-8-28(3,4)16-33)12-24(35)20-6-5-18(11-23(20)34)26-21(29)13-30-27(32-26)31-22-7-10-37-15-25(22)36/h5-6,11-13,17,22,25,36H,7-10,14-16H2,1-4H3,(H,30,31,32)/t22-,25-/m1/s1. The third kappa shape index (κ3) is 5.39. The van der Waals surface area contributed by atoms with Crippen molar-refractivity contribution in [3.63, 3.8) is 0 Å². The summed E-state index contributed by atoms with van der Waals surface area (Å²) in [6, 6.07) is 6.92. The first-order valence-corrected chi connectivity index (χ1v) is 13.1. The van der Waals surface area contributed by atoms with Crippen LogP contribution in [0.25, 0.3) is 22.2 Å². The summed E-state index contributed by atoms with van der Waals surface area (Å²) in [6.45, 7) is 12.2. The molecule has 2 aliphatic heterocycles. The molecule has 1 aromatic carbocycles. The van der Waals surface area contributed by atoms with Crippen LogP contribution in [0, 0.1) is 11.2 Å². The molecule has 0 bridgehead atoms. The highest BCUT2D eigenvalue weighted by Crippen LogP contribution is 2.31. The van der Waals surface area contributed by atoms with Gasteiger partial charge in [-0.2, -0.15) is 0 Å². The van der Waals surface area contributed by atoms with Crippen molar-refractivity contribution in [1.29, 1.82) is 0 Å². The van der Waals surface area contributed by atoms with Gasteiger partial charge in [-0.1, -0.05) is 19.9 Å². The molecule has 8 nitrogen and oxygen atoms in total. The SMILES string of the molecule is CC(C)n1c(CN2CCC(C)(C)C2)cc(=O)c2ccc(-c3nc(N[C@@H]4CCOC[C@H]4O)ncc3F)cc21. The molecule has 0 aliphatic carbocycles. The summed E-state index contributed by atoms with van der Waals surface area (Å²) in [4.78, 5) is 24.1. The maximum atomic E-state index is 15.0. The van der Waals surface area contributed by atoms with Gasteiger partial charge >= 0.3 is 0 Å². The van der Waals surface area contributed by atoms with E-state index in [1.807, 2.05) is 6.07 Å². The summed E-state index contributed by atoms with van der Waals surface area (Å²) >= 11 is 0. The topological polar surface area (TPSA) is 92.5 Å². The van der Waals surface area contributed by atoms with Crippen LogP contribution < -0.4 is 10.7 Å². The van der Waals surface area contributed by atoms with Gasteiger partial charge in [-0.15, -0.1) is 0 Å². The van der Waals surface area contributed by atoms with E-state index in [9.17, 15) is 14.3 Å². The summed E-state index contributed by atoms with van der Waals surface area (Å²) in [5.41, 5.74) is 2.67. The quantitative estimate of drug-likeness (QED) is 0.519. The smallest absolute Gasteiger partial charge is 0.223 e. The summed E-state index contributed by atoms with van der Waals surface area (Å²) in [5.74, 6) is -0.305. The largest absolute Gasteiger partial charge is 0.389 e. The van der Waals surface area contributed by atoms with Gasteiger partial charge < -0.3 is 19.7 Å². The van der Waals surface area contributed by atoms with Crippen molar-refractivity contribution in [2.75, 3.05) is 31.6 Å². The second-order valence-electron chi connectivity index (χ2n) is 11.4. The van der Waals surface area contributed by atoms with Crippen molar-refractivity contribution in [1.82, 2.24) is 19.4 Å². The molecule has 2 aliphatic rings. The Morgan fingerprint density at radius 2 is 2.11 bits per heavy atom. The predicted molar refractivity (Wildman–Crippen MR) is 142 cm³/mol. The number of ether oxygens (including phenoxy) is 1. The molecule has 2 N–H and O–H groups in total. The lowest BCUT2D eigenvalue weighted by molar-refractivity contribution is -0.0136. The van der Waals surface area contributed by atoms with Crippen molar-refractivity contribution in [2.24, 2.45) is 5.41 Å². The molecule has 0 amide bonds. The van der Waals surface area contributed by atoms with Crippen molar-refractivity contribution < 1.29 is 14.2 Å². The molecule has 2 aromatic heterocycles. The van der Waals surface area contributed by atoms with E-state index in [4.69, 9.17) is 4.74 Å². The summed E-state index contributed by atoms with van der Waals surface area (Å²) in [7, 11) is 0. The van der Waals surface area contributed by atoms with E-state index in [2.05, 4.69) is 52.4 Å². The van der Waals surface area contributed by atoms with Gasteiger partial charge in [-0.25, -0.2) is 14.4 Å². The van der Waals surface area contributed by atoms with E-state index in [0.29, 0.717) is 30.5 Å². The monoisotopic (exact) mass is 509 g/mol. The van der Waals surface area contributed by atoms with Gasteiger partial charge in [0.1, 0.15) is 5.69 Å². The minimum atomic E-state index is -0.688. The fraction of sp³-hybridized carbons (Fsp3) is 0.536. The Morgan fingerprint density at radius 3 is 2.81 bits per heavy atom. The number of nitrogens with zero attached hydrogens (tertiary/aromatic N) is 4. The Kier molecular flexibility index (Phi) is 7.04. The van der Waals surface area contributed by atoms with Gasteiger partial charge in [0.25, 0.3) is 0 Å². The third-order valence-electron chi connectivity index (χ3n) is 7.45. The fourth-order valence-electron chi connectivity index (χ4n) is 5.56. The first-order chi connectivity index (χ1) is 17.6. The molecule has 2 atom stereocenters. The minimum absolute atomic E-state index is 0.0362. The van der Waals surface area contributed by atoms with E-state index in [0.717, 1.165) is 36.9 Å². The lowest BCUT2D eigenvalue weighted by Gasteiger charge is -2.28. The van der Waals surface area contributed by atoms with Crippen LogP contribution in [-0.4, -0.2) is 63.0 Å². The van der Waals surface area contributed by atoms with Gasteiger partial charge in [-0.05, 0) is 50.8 Å². The summed E-state index contributed by atoms with van der Waals surface area (Å²) in [5, 5.41) is 13.9. The third-order valence-corrected chi connectivity index (χ3v) is 7.45. The second kappa shape index (κ2) is 10.1. The Morgan fingerprint density at radius 1 is 1.30 bits per heavy atom. The van der Waals surface area contributed by atoms with Crippen LogP contribution in [0.4, 0.5) is 10.3 Å². The second-order valence-corrected chi connectivity index (χ2v) is 11.4. The number of fused-ring (bicyclic) bond motifs is 1. The maximum Gasteiger partial charge on any atom is 0.223 e. The van der Waals surface area contributed by atoms with Crippen molar-refractivity contribution in [3.8, 4) is 11.3 Å². The fourth-order valence-corrected chi connectivity index (χ4v) is 5.56. The number of likely N-dealkylation sites (tertiary alicyclic amines) is 1. The number of aromatic nitrogens is 3. The van der Waals surface area contributed by atoms with Crippen molar-refractivity contribution in [2.45, 2.75) is 65.3 Å². The highest BCUT2D eigenvalue weighted by molar-refractivity contribution is 5.84. The van der Waals surface area contributed by atoms with Crippen LogP contribution in [0.3, 0.4) is 0 Å². The maximum absolute atomic E-state index is 15.0. The molecule has 198 valence electrons. The van der Waals surface area contributed by atoms with E-state index >= 15 is 0 Å². The Bertz CT molecular complexity index is 1360. The van der Waals surface area contributed by atoms with E-state index in [-0.39, 0.29) is 41.2 Å². The first-order valence-electron chi connectivity index (χ1n) is 13.1. The molecular weight excluding hydrogens is 473 g/mol. The van der Waals surface area contributed by atoms with Crippen LogP contribution in [0.5, 0.6) is 0 Å². The van der Waals surface area contributed by atoms with E-state index in [1.165, 1.54) is 0 Å². The molecule has 37 heavy (non-hydrogen) atoms. The molecule has 2 saturated heterocycles. The molecule has 0 saturated carbocycles. The van der Waals surface area contributed by atoms with Crippen molar-refractivity contribution in [3.05, 3.63) is 52.2 Å². The van der Waals surface area contributed by atoms with Crippen LogP contribution >= 0.6 is 0 Å². The molecular formula is C28H36FN5O3. The number of pyridine rings is 1. The van der Waals surface area contributed by atoms with Gasteiger partial charge in [-0.3, -0.25) is 9.69 Å². The average molecular weight is 510 g/mol. The number of aliphatic hydroxyl groups excluding tert-OH is 1. The van der Waals surface area contributed by atoms with Crippen LogP contribution in [0.1, 0.15) is 52.3 Å². The number of hydrogen-bond donors (Lipinski definition) is 2. The molecule has 4 heterocycles. The van der Waals surface area contributed by atoms with Crippen LogP contribution in [-0.2, 0) is 11.3 Å². The Hall–Kier alpha value is -2.88. The molecule has 0 unspecified atom stereocenters. The molecule has 0 spiro atoms. The number of rotatable bonds is 6. The number of aliphatic hydroxyl groups is 1. The van der Waals surface area contributed by atoms with Gasteiger partial charge in [0.2, 0.25) is 5.95 Å². The number of halogens is 1. The molecule has 3 aromatic rings. The van der Waals surface area contributed by atoms with Crippen molar-refractivity contribution >= 4 is 16.9 Å². The average Bonchev–Trinajstić information content (AvgIpc) is 3.19. The lowest BCUT2D eigenvalue weighted by Crippen LogP contribution is -2.42.